The third-order valence-electron chi connectivity index (χ3n) is 7.95. The highest BCUT2D eigenvalue weighted by molar-refractivity contribution is 7.14. The molecule has 0 aliphatic heterocycles. The molecule has 5 aromatic rings. The number of nitrogens with zero attached hydrogens (tertiary/aromatic N) is 2. The molecule has 0 radical (unpaired) electrons. The van der Waals surface area contributed by atoms with E-state index in [1.165, 1.54) is 44.9 Å². The van der Waals surface area contributed by atoms with E-state index in [4.69, 9.17) is 4.98 Å². The van der Waals surface area contributed by atoms with Crippen molar-refractivity contribution in [3.8, 4) is 11.3 Å². The number of carbonyl (C=O) groups excluding carboxylic acids is 2. The minimum absolute atomic E-state index is 0.0117. The molecule has 2 aromatic heterocycles. The Morgan fingerprint density at radius 1 is 0.872 bits per heavy atom. The van der Waals surface area contributed by atoms with Crippen molar-refractivity contribution >= 4 is 44.8 Å². The van der Waals surface area contributed by atoms with Crippen LogP contribution in [0.4, 0.5) is 10.3 Å². The van der Waals surface area contributed by atoms with Crippen LogP contribution in [0, 0.1) is 5.41 Å². The minimum atomic E-state index is -0.604. The van der Waals surface area contributed by atoms with Crippen molar-refractivity contribution in [2.75, 3.05) is 10.6 Å². The van der Waals surface area contributed by atoms with Crippen LogP contribution in [0.25, 0.3) is 11.3 Å². The number of rotatable bonds is 5. The van der Waals surface area contributed by atoms with Gasteiger partial charge in [-0.25, -0.2) is 9.97 Å². The van der Waals surface area contributed by atoms with Crippen LogP contribution in [0.1, 0.15) is 57.8 Å². The SMILES string of the molecule is CC1(C(=O)Nc2nc(-c3cccc(C(=O)Nc4nccs4)c3)cs2)CC2c3ccccc3C1c1ccccc12. The average Bonchev–Trinajstić information content (AvgIpc) is 3.66. The summed E-state index contributed by atoms with van der Waals surface area (Å²) in [7, 11) is 0. The Bertz CT molecular complexity index is 1680. The second kappa shape index (κ2) is 9.25. The van der Waals surface area contributed by atoms with Gasteiger partial charge in [-0.1, -0.05) is 60.7 Å². The summed E-state index contributed by atoms with van der Waals surface area (Å²) in [6.45, 7) is 2.09. The molecule has 8 rings (SSSR count). The van der Waals surface area contributed by atoms with Gasteiger partial charge in [-0.3, -0.25) is 14.9 Å². The van der Waals surface area contributed by atoms with Crippen molar-refractivity contribution in [1.82, 2.24) is 9.97 Å². The zero-order valence-corrected chi connectivity index (χ0v) is 22.7. The van der Waals surface area contributed by atoms with Crippen molar-refractivity contribution < 1.29 is 9.59 Å². The van der Waals surface area contributed by atoms with E-state index in [-0.39, 0.29) is 23.7 Å². The van der Waals surface area contributed by atoms with Gasteiger partial charge in [0.15, 0.2) is 10.3 Å². The van der Waals surface area contributed by atoms with Crippen molar-refractivity contribution in [1.29, 1.82) is 0 Å². The van der Waals surface area contributed by atoms with Gasteiger partial charge in [-0.2, -0.15) is 0 Å². The number of thiazole rings is 2. The standard InChI is InChI=1S/C31H24N4O2S2/c1-31(16-24-20-9-2-4-11-22(20)26(31)23-12-5-3-10-21(23)24)28(37)35-30-33-25(17-39-30)18-7-6-8-19(15-18)27(36)34-29-32-13-14-38-29/h2-15,17,24,26H,16H2,1H3,(H,32,34,36)(H,33,35,37). The Labute approximate surface area is 233 Å². The fourth-order valence-electron chi connectivity index (χ4n) is 6.17. The molecule has 0 fully saturated rings. The Kier molecular flexibility index (Phi) is 5.68. The molecular weight excluding hydrogens is 525 g/mol. The second-order valence-corrected chi connectivity index (χ2v) is 12.0. The number of fused-ring (bicyclic) bond motifs is 1. The van der Waals surface area contributed by atoms with Crippen LogP contribution in [0.5, 0.6) is 0 Å². The topological polar surface area (TPSA) is 84.0 Å². The van der Waals surface area contributed by atoms with Gasteiger partial charge < -0.3 is 5.32 Å². The number of hydrogen-bond donors (Lipinski definition) is 2. The molecule has 3 aromatic carbocycles. The third kappa shape index (κ3) is 3.99. The molecule has 3 aliphatic carbocycles. The summed E-state index contributed by atoms with van der Waals surface area (Å²) in [5.41, 5.74) is 6.60. The fraction of sp³-hybridized carbons (Fsp3) is 0.161. The minimum Gasteiger partial charge on any atom is -0.301 e. The van der Waals surface area contributed by atoms with Gasteiger partial charge in [0.05, 0.1) is 11.1 Å². The van der Waals surface area contributed by atoms with E-state index in [1.807, 2.05) is 22.9 Å². The molecule has 1 unspecified atom stereocenters. The van der Waals surface area contributed by atoms with Crippen LogP contribution >= 0.6 is 22.7 Å². The van der Waals surface area contributed by atoms with Gasteiger partial charge in [0, 0.05) is 39.9 Å². The maximum absolute atomic E-state index is 13.9. The van der Waals surface area contributed by atoms with Gasteiger partial charge in [0.25, 0.3) is 5.91 Å². The largest absolute Gasteiger partial charge is 0.301 e. The number of hydrogen-bond acceptors (Lipinski definition) is 6. The summed E-state index contributed by atoms with van der Waals surface area (Å²) in [4.78, 5) is 35.4. The van der Waals surface area contributed by atoms with Crippen LogP contribution in [0.2, 0.25) is 0 Å². The summed E-state index contributed by atoms with van der Waals surface area (Å²) in [6.07, 6.45) is 2.41. The molecule has 1 atom stereocenters. The number of benzene rings is 3. The first-order chi connectivity index (χ1) is 19.0. The fourth-order valence-corrected chi connectivity index (χ4v) is 7.41. The number of amides is 2. The van der Waals surface area contributed by atoms with E-state index in [2.05, 4.69) is 71.1 Å². The Morgan fingerprint density at radius 2 is 1.59 bits per heavy atom. The molecule has 2 amide bonds. The quantitative estimate of drug-likeness (QED) is 0.244. The molecular formula is C31H24N4O2S2. The zero-order chi connectivity index (χ0) is 26.6. The molecule has 2 bridgehead atoms. The molecule has 2 N–H and O–H groups in total. The number of aromatic nitrogens is 2. The summed E-state index contributed by atoms with van der Waals surface area (Å²) in [6, 6.07) is 24.4. The Morgan fingerprint density at radius 3 is 2.28 bits per heavy atom. The van der Waals surface area contributed by atoms with Gasteiger partial charge in [-0.15, -0.1) is 22.7 Å². The molecule has 0 saturated heterocycles. The van der Waals surface area contributed by atoms with Crippen molar-refractivity contribution in [3.63, 3.8) is 0 Å². The van der Waals surface area contributed by atoms with Crippen LogP contribution < -0.4 is 10.6 Å². The van der Waals surface area contributed by atoms with Gasteiger partial charge >= 0.3 is 0 Å². The number of anilines is 2. The predicted molar refractivity (Wildman–Crippen MR) is 156 cm³/mol. The van der Waals surface area contributed by atoms with Crippen LogP contribution in [0.3, 0.4) is 0 Å². The lowest BCUT2D eigenvalue weighted by Gasteiger charge is -2.50. The van der Waals surface area contributed by atoms with Crippen LogP contribution in [0.15, 0.2) is 89.8 Å². The van der Waals surface area contributed by atoms with E-state index in [0.717, 1.165) is 12.0 Å². The zero-order valence-electron chi connectivity index (χ0n) is 21.0. The molecule has 192 valence electrons. The lowest BCUT2D eigenvalue weighted by atomic mass is 9.52. The highest BCUT2D eigenvalue weighted by atomic mass is 32.1. The predicted octanol–water partition coefficient (Wildman–Crippen LogP) is 7.14. The first-order valence-electron chi connectivity index (χ1n) is 12.8. The lowest BCUT2D eigenvalue weighted by Crippen LogP contribution is -2.47. The van der Waals surface area contributed by atoms with Gasteiger partial charge in [0.2, 0.25) is 5.91 Å². The molecule has 8 heteroatoms. The average molecular weight is 549 g/mol. The number of nitrogens with one attached hydrogen (secondary N) is 2. The smallest absolute Gasteiger partial charge is 0.257 e. The summed E-state index contributed by atoms with van der Waals surface area (Å²) < 4.78 is 0. The van der Waals surface area contributed by atoms with Crippen molar-refractivity contribution in [3.05, 3.63) is 118 Å². The molecule has 39 heavy (non-hydrogen) atoms. The normalized spacial score (nSPS) is 20.6. The molecule has 2 heterocycles. The molecule has 0 saturated carbocycles. The van der Waals surface area contributed by atoms with Crippen LogP contribution in [-0.2, 0) is 4.79 Å². The second-order valence-electron chi connectivity index (χ2n) is 10.2. The van der Waals surface area contributed by atoms with Crippen molar-refractivity contribution in [2.24, 2.45) is 5.41 Å². The number of carbonyl (C=O) groups is 2. The maximum atomic E-state index is 13.9. The maximum Gasteiger partial charge on any atom is 0.257 e. The van der Waals surface area contributed by atoms with Gasteiger partial charge in [0.1, 0.15) is 0 Å². The highest BCUT2D eigenvalue weighted by Gasteiger charge is 2.53. The molecule has 0 spiro atoms. The van der Waals surface area contributed by atoms with E-state index >= 15 is 0 Å². The van der Waals surface area contributed by atoms with E-state index < -0.39 is 5.41 Å². The molecule has 6 nitrogen and oxygen atoms in total. The Balaban J connectivity index is 1.14. The highest BCUT2D eigenvalue weighted by Crippen LogP contribution is 2.61. The van der Waals surface area contributed by atoms with Gasteiger partial charge in [-0.05, 0) is 47.7 Å². The summed E-state index contributed by atoms with van der Waals surface area (Å²) in [5, 5.41) is 10.8. The third-order valence-corrected chi connectivity index (χ3v) is 9.39. The van der Waals surface area contributed by atoms with E-state index in [0.29, 0.717) is 21.5 Å². The summed E-state index contributed by atoms with van der Waals surface area (Å²) >= 11 is 2.76. The van der Waals surface area contributed by atoms with E-state index in [9.17, 15) is 9.59 Å². The Hall–Kier alpha value is -4.14. The lowest BCUT2D eigenvalue weighted by molar-refractivity contribution is -0.126. The van der Waals surface area contributed by atoms with Crippen molar-refractivity contribution in [2.45, 2.75) is 25.2 Å². The summed E-state index contributed by atoms with van der Waals surface area (Å²) in [5.74, 6) is -0.0546. The first-order valence-corrected chi connectivity index (χ1v) is 14.5. The van der Waals surface area contributed by atoms with E-state index in [1.54, 1.807) is 18.3 Å². The van der Waals surface area contributed by atoms with Crippen LogP contribution in [-0.4, -0.2) is 21.8 Å². The molecule has 3 aliphatic rings. The monoisotopic (exact) mass is 548 g/mol. The first kappa shape index (κ1) is 23.9.